The maximum absolute atomic E-state index is 13.0. The van der Waals surface area contributed by atoms with Crippen molar-refractivity contribution in [2.75, 3.05) is 22.7 Å². The number of hydrogen-bond donors (Lipinski definition) is 1. The number of benzene rings is 2. The molecule has 3 aromatic rings. The molecule has 0 saturated carbocycles. The first-order valence-corrected chi connectivity index (χ1v) is 12.1. The second-order valence-corrected chi connectivity index (χ2v) is 9.86. The molecule has 6 nitrogen and oxygen atoms in total. The van der Waals surface area contributed by atoms with Gasteiger partial charge in [0.05, 0.1) is 10.6 Å². The fraction of sp³-hybridized carbons (Fsp3) is 0.333. The molecule has 1 aliphatic rings. The molecule has 4 rings (SSSR count). The zero-order valence-electron chi connectivity index (χ0n) is 18.2. The minimum atomic E-state index is -3.70. The predicted molar refractivity (Wildman–Crippen MR) is 125 cm³/mol. The summed E-state index contributed by atoms with van der Waals surface area (Å²) in [6.07, 6.45) is 3.64. The van der Waals surface area contributed by atoms with Gasteiger partial charge in [0.15, 0.2) is 5.82 Å². The summed E-state index contributed by atoms with van der Waals surface area (Å²) in [6, 6.07) is 14.8. The molecule has 2 heterocycles. The minimum Gasteiger partial charge on any atom is -0.355 e. The molecule has 162 valence electrons. The zero-order valence-corrected chi connectivity index (χ0v) is 19.0. The molecule has 0 atom stereocenters. The summed E-state index contributed by atoms with van der Waals surface area (Å²) in [7, 11) is -3.70. The van der Waals surface area contributed by atoms with E-state index in [4.69, 9.17) is 0 Å². The summed E-state index contributed by atoms with van der Waals surface area (Å²) in [5.74, 6) is 0.894. The van der Waals surface area contributed by atoms with Gasteiger partial charge in [0.25, 0.3) is 10.0 Å². The van der Waals surface area contributed by atoms with Crippen LogP contribution in [-0.2, 0) is 10.0 Å². The van der Waals surface area contributed by atoms with E-state index in [-0.39, 0.29) is 0 Å². The number of piperidine rings is 1. The molecule has 1 fully saturated rings. The molecule has 0 bridgehead atoms. The molecule has 2 aromatic carbocycles. The van der Waals surface area contributed by atoms with E-state index in [1.807, 2.05) is 51.1 Å². The van der Waals surface area contributed by atoms with Gasteiger partial charge in [0.1, 0.15) is 0 Å². The Morgan fingerprint density at radius 3 is 2.29 bits per heavy atom. The van der Waals surface area contributed by atoms with Crippen molar-refractivity contribution in [1.82, 2.24) is 10.2 Å². The second-order valence-electron chi connectivity index (χ2n) is 8.21. The normalized spacial score (nSPS) is 14.5. The largest absolute Gasteiger partial charge is 0.355 e. The van der Waals surface area contributed by atoms with Gasteiger partial charge in [-0.15, -0.1) is 10.2 Å². The lowest BCUT2D eigenvalue weighted by Crippen LogP contribution is -2.30. The maximum Gasteiger partial charge on any atom is 0.262 e. The highest BCUT2D eigenvalue weighted by atomic mass is 32.2. The fourth-order valence-corrected chi connectivity index (χ4v) is 5.31. The number of anilines is 2. The monoisotopic (exact) mass is 436 g/mol. The van der Waals surface area contributed by atoms with Crippen LogP contribution in [0, 0.1) is 20.8 Å². The molecule has 1 saturated heterocycles. The van der Waals surface area contributed by atoms with Crippen LogP contribution in [0.3, 0.4) is 0 Å². The van der Waals surface area contributed by atoms with Crippen molar-refractivity contribution in [1.29, 1.82) is 0 Å². The summed E-state index contributed by atoms with van der Waals surface area (Å²) < 4.78 is 28.7. The first-order valence-electron chi connectivity index (χ1n) is 10.6. The Balaban J connectivity index is 1.56. The number of sulfonamides is 1. The smallest absolute Gasteiger partial charge is 0.262 e. The third kappa shape index (κ3) is 4.71. The standard InChI is InChI=1S/C24H28N4O2S/c1-17-14-19(3)23(15-18(17)2)31(29,30)27-21-9-7-8-20(16-21)22-10-11-24(26-25-22)28-12-5-4-6-13-28/h7-11,14-16,27H,4-6,12-13H2,1-3H3. The third-order valence-electron chi connectivity index (χ3n) is 5.82. The molecule has 1 aromatic heterocycles. The Hall–Kier alpha value is -2.93. The van der Waals surface area contributed by atoms with Crippen LogP contribution in [0.5, 0.6) is 0 Å². The van der Waals surface area contributed by atoms with Crippen molar-refractivity contribution in [2.24, 2.45) is 0 Å². The third-order valence-corrected chi connectivity index (χ3v) is 7.35. The molecule has 1 aliphatic heterocycles. The molecule has 7 heteroatoms. The van der Waals surface area contributed by atoms with E-state index in [1.165, 1.54) is 19.3 Å². The Labute approximate surface area is 184 Å². The summed E-state index contributed by atoms with van der Waals surface area (Å²) in [5.41, 5.74) is 4.77. The summed E-state index contributed by atoms with van der Waals surface area (Å²) >= 11 is 0. The quantitative estimate of drug-likeness (QED) is 0.618. The molecular formula is C24H28N4O2S. The van der Waals surface area contributed by atoms with Crippen LogP contribution in [0.2, 0.25) is 0 Å². The van der Waals surface area contributed by atoms with Gasteiger partial charge in [-0.2, -0.15) is 0 Å². The lowest BCUT2D eigenvalue weighted by atomic mass is 10.1. The van der Waals surface area contributed by atoms with Gasteiger partial charge in [0, 0.05) is 24.3 Å². The van der Waals surface area contributed by atoms with Crippen LogP contribution in [0.15, 0.2) is 53.4 Å². The van der Waals surface area contributed by atoms with E-state index in [1.54, 1.807) is 18.2 Å². The number of nitrogens with one attached hydrogen (secondary N) is 1. The summed E-state index contributed by atoms with van der Waals surface area (Å²) in [5, 5.41) is 8.78. The number of aromatic nitrogens is 2. The van der Waals surface area contributed by atoms with Gasteiger partial charge in [-0.1, -0.05) is 18.2 Å². The highest BCUT2D eigenvalue weighted by molar-refractivity contribution is 7.92. The van der Waals surface area contributed by atoms with Crippen molar-refractivity contribution in [3.63, 3.8) is 0 Å². The van der Waals surface area contributed by atoms with Crippen LogP contribution in [0.4, 0.5) is 11.5 Å². The van der Waals surface area contributed by atoms with Gasteiger partial charge < -0.3 is 4.90 Å². The van der Waals surface area contributed by atoms with E-state index in [0.29, 0.717) is 16.3 Å². The lowest BCUT2D eigenvalue weighted by Gasteiger charge is -2.27. The minimum absolute atomic E-state index is 0.298. The van der Waals surface area contributed by atoms with Crippen molar-refractivity contribution in [2.45, 2.75) is 44.9 Å². The van der Waals surface area contributed by atoms with Crippen LogP contribution in [0.1, 0.15) is 36.0 Å². The summed E-state index contributed by atoms with van der Waals surface area (Å²) in [4.78, 5) is 2.56. The first kappa shape index (κ1) is 21.3. The van der Waals surface area contributed by atoms with E-state index < -0.39 is 10.0 Å². The van der Waals surface area contributed by atoms with Crippen molar-refractivity contribution in [3.05, 3.63) is 65.2 Å². The molecule has 0 aliphatic carbocycles. The van der Waals surface area contributed by atoms with Crippen LogP contribution in [0.25, 0.3) is 11.3 Å². The molecule has 0 spiro atoms. The zero-order chi connectivity index (χ0) is 22.0. The average molecular weight is 437 g/mol. The molecule has 0 unspecified atom stereocenters. The van der Waals surface area contributed by atoms with Crippen LogP contribution in [-0.4, -0.2) is 31.7 Å². The number of hydrogen-bond acceptors (Lipinski definition) is 5. The molecule has 1 N–H and O–H groups in total. The summed E-state index contributed by atoms with van der Waals surface area (Å²) in [6.45, 7) is 7.75. The van der Waals surface area contributed by atoms with Gasteiger partial charge in [-0.05, 0) is 87.1 Å². The highest BCUT2D eigenvalue weighted by Gasteiger charge is 2.19. The van der Waals surface area contributed by atoms with Crippen LogP contribution < -0.4 is 9.62 Å². The van der Waals surface area contributed by atoms with Crippen LogP contribution >= 0.6 is 0 Å². The first-order chi connectivity index (χ1) is 14.8. The number of nitrogens with zero attached hydrogens (tertiary/aromatic N) is 3. The topological polar surface area (TPSA) is 75.2 Å². The van der Waals surface area contributed by atoms with Crippen molar-refractivity contribution < 1.29 is 8.42 Å². The Morgan fingerprint density at radius 2 is 1.58 bits per heavy atom. The fourth-order valence-electron chi connectivity index (χ4n) is 3.95. The van der Waals surface area contributed by atoms with E-state index >= 15 is 0 Å². The van der Waals surface area contributed by atoms with E-state index in [9.17, 15) is 8.42 Å². The molecule has 31 heavy (non-hydrogen) atoms. The van der Waals surface area contributed by atoms with Gasteiger partial charge in [-0.25, -0.2) is 8.42 Å². The molecular weight excluding hydrogens is 408 g/mol. The number of aryl methyl sites for hydroxylation is 3. The Bertz CT molecular complexity index is 1180. The van der Waals surface area contributed by atoms with Gasteiger partial charge in [-0.3, -0.25) is 4.72 Å². The average Bonchev–Trinajstić information content (AvgIpc) is 2.77. The predicted octanol–water partition coefficient (Wildman–Crippen LogP) is 4.86. The maximum atomic E-state index is 13.0. The lowest BCUT2D eigenvalue weighted by molar-refractivity contribution is 0.571. The second kappa shape index (κ2) is 8.67. The Morgan fingerprint density at radius 1 is 0.839 bits per heavy atom. The van der Waals surface area contributed by atoms with Crippen molar-refractivity contribution in [3.8, 4) is 11.3 Å². The Kier molecular flexibility index (Phi) is 5.96. The number of rotatable bonds is 5. The molecule has 0 amide bonds. The highest BCUT2D eigenvalue weighted by Crippen LogP contribution is 2.26. The van der Waals surface area contributed by atoms with Crippen molar-refractivity contribution >= 4 is 21.5 Å². The van der Waals surface area contributed by atoms with Gasteiger partial charge >= 0.3 is 0 Å². The molecule has 0 radical (unpaired) electrons. The van der Waals surface area contributed by atoms with Gasteiger partial charge in [0.2, 0.25) is 0 Å². The SMILES string of the molecule is Cc1cc(C)c(S(=O)(=O)Nc2cccc(-c3ccc(N4CCCCC4)nn3)c2)cc1C. The van der Waals surface area contributed by atoms with E-state index in [0.717, 1.165) is 41.2 Å². The van der Waals surface area contributed by atoms with E-state index in [2.05, 4.69) is 19.8 Å².